The SMILES string of the molecule is COc1cc(Cl)c(/C=C/C(C)=C/C=C(F)/C(C)=C/C(=O)[O-])c(C)c1C. The number of ether oxygens (including phenoxy) is 1. The van der Waals surface area contributed by atoms with Crippen molar-refractivity contribution in [2.24, 2.45) is 0 Å². The van der Waals surface area contributed by atoms with Gasteiger partial charge in [-0.3, -0.25) is 0 Å². The third kappa shape index (κ3) is 5.91. The van der Waals surface area contributed by atoms with Crippen LogP contribution < -0.4 is 9.84 Å². The van der Waals surface area contributed by atoms with Gasteiger partial charge in [0.15, 0.2) is 0 Å². The van der Waals surface area contributed by atoms with Crippen molar-refractivity contribution in [1.29, 1.82) is 0 Å². The first-order chi connectivity index (χ1) is 11.7. The van der Waals surface area contributed by atoms with E-state index in [1.807, 2.05) is 26.0 Å². The third-order valence-corrected chi connectivity index (χ3v) is 4.10. The molecular formula is C20H21ClFO3-. The second-order valence-electron chi connectivity index (χ2n) is 5.63. The Kier molecular flexibility index (Phi) is 7.65. The molecule has 0 atom stereocenters. The molecule has 1 aromatic carbocycles. The molecule has 0 amide bonds. The number of halogens is 2. The molecule has 0 aliphatic rings. The number of carbonyl (C=O) groups excluding carboxylic acids is 1. The number of methoxy groups -OCH3 is 1. The van der Waals surface area contributed by atoms with Crippen molar-refractivity contribution in [3.63, 3.8) is 0 Å². The molecule has 0 unspecified atom stereocenters. The molecule has 0 aromatic heterocycles. The molecule has 0 N–H and O–H groups in total. The van der Waals surface area contributed by atoms with Crippen molar-refractivity contribution in [3.05, 3.63) is 69.1 Å². The van der Waals surface area contributed by atoms with Crippen LogP contribution in [0.15, 0.2) is 47.3 Å². The van der Waals surface area contributed by atoms with Gasteiger partial charge >= 0.3 is 0 Å². The standard InChI is InChI=1S/C20H22ClFO3/c1-12(7-9-18(22)13(2)10-20(23)24)6-8-16-14(3)15(4)19(25-5)11-17(16)21/h6-11H,1-5H3,(H,23,24)/p-1/b8-6+,12-7+,13-10+,18-9-. The number of hydrogen-bond acceptors (Lipinski definition) is 3. The molecule has 134 valence electrons. The number of carboxylic acid groups (broad SMARTS) is 1. The average molecular weight is 364 g/mol. The molecule has 0 radical (unpaired) electrons. The first-order valence-electron chi connectivity index (χ1n) is 7.62. The van der Waals surface area contributed by atoms with Gasteiger partial charge in [0.05, 0.1) is 18.1 Å². The Morgan fingerprint density at radius 2 is 1.88 bits per heavy atom. The molecular weight excluding hydrogens is 343 g/mol. The molecule has 0 aliphatic heterocycles. The normalized spacial score (nSPS) is 13.5. The highest BCUT2D eigenvalue weighted by atomic mass is 35.5. The molecule has 0 spiro atoms. The third-order valence-electron chi connectivity index (χ3n) is 3.79. The molecule has 25 heavy (non-hydrogen) atoms. The van der Waals surface area contributed by atoms with E-state index in [4.69, 9.17) is 16.3 Å². The van der Waals surface area contributed by atoms with Crippen LogP contribution in [0.5, 0.6) is 5.75 Å². The van der Waals surface area contributed by atoms with Crippen LogP contribution in [-0.2, 0) is 4.79 Å². The summed E-state index contributed by atoms with van der Waals surface area (Å²) in [4.78, 5) is 10.4. The highest BCUT2D eigenvalue weighted by Gasteiger charge is 2.09. The number of carbonyl (C=O) groups is 1. The van der Waals surface area contributed by atoms with E-state index in [-0.39, 0.29) is 5.57 Å². The molecule has 1 aromatic rings. The summed E-state index contributed by atoms with van der Waals surface area (Å²) in [7, 11) is 1.60. The molecule has 3 nitrogen and oxygen atoms in total. The van der Waals surface area contributed by atoms with Crippen molar-refractivity contribution < 1.29 is 19.0 Å². The lowest BCUT2D eigenvalue weighted by molar-refractivity contribution is -0.297. The van der Waals surface area contributed by atoms with E-state index in [0.29, 0.717) is 11.1 Å². The fraction of sp³-hybridized carbons (Fsp3) is 0.250. The Bertz CT molecular complexity index is 787. The van der Waals surface area contributed by atoms with E-state index in [1.165, 1.54) is 13.0 Å². The summed E-state index contributed by atoms with van der Waals surface area (Å²) >= 11 is 6.29. The lowest BCUT2D eigenvalue weighted by Crippen LogP contribution is -2.19. The largest absolute Gasteiger partial charge is 0.545 e. The average Bonchev–Trinajstić information content (AvgIpc) is 2.54. The maximum Gasteiger partial charge on any atom is 0.126 e. The maximum absolute atomic E-state index is 13.7. The van der Waals surface area contributed by atoms with Crippen LogP contribution in [-0.4, -0.2) is 13.1 Å². The molecule has 1 rings (SSSR count). The van der Waals surface area contributed by atoms with Gasteiger partial charge in [0.2, 0.25) is 0 Å². The molecule has 0 fully saturated rings. The Labute approximate surface area is 152 Å². The van der Waals surface area contributed by atoms with Gasteiger partial charge in [-0.25, -0.2) is 4.39 Å². The molecule has 0 aliphatic carbocycles. The monoisotopic (exact) mass is 363 g/mol. The smallest absolute Gasteiger partial charge is 0.126 e. The van der Waals surface area contributed by atoms with E-state index in [1.54, 1.807) is 26.2 Å². The van der Waals surface area contributed by atoms with Crippen LogP contribution in [0.1, 0.15) is 30.5 Å². The van der Waals surface area contributed by atoms with Crippen LogP contribution in [0, 0.1) is 13.8 Å². The minimum absolute atomic E-state index is 0.00213. The zero-order chi connectivity index (χ0) is 19.1. The van der Waals surface area contributed by atoms with E-state index < -0.39 is 11.8 Å². The van der Waals surface area contributed by atoms with Crippen LogP contribution >= 0.6 is 11.6 Å². The predicted octanol–water partition coefficient (Wildman–Crippen LogP) is 4.47. The van der Waals surface area contributed by atoms with Gasteiger partial charge in [0.1, 0.15) is 11.6 Å². The van der Waals surface area contributed by atoms with Crippen LogP contribution in [0.4, 0.5) is 4.39 Å². The fourth-order valence-corrected chi connectivity index (χ4v) is 2.44. The van der Waals surface area contributed by atoms with E-state index in [9.17, 15) is 14.3 Å². The van der Waals surface area contributed by atoms with Crippen molar-refractivity contribution in [1.82, 2.24) is 0 Å². The summed E-state index contributed by atoms with van der Waals surface area (Å²) in [6.07, 6.45) is 7.14. The Hall–Kier alpha value is -2.33. The van der Waals surface area contributed by atoms with Gasteiger partial charge in [-0.2, -0.15) is 0 Å². The van der Waals surface area contributed by atoms with Gasteiger partial charge in [0, 0.05) is 0 Å². The van der Waals surface area contributed by atoms with E-state index >= 15 is 0 Å². The van der Waals surface area contributed by atoms with Gasteiger partial charge < -0.3 is 14.6 Å². The molecule has 0 saturated carbocycles. The first-order valence-corrected chi connectivity index (χ1v) is 8.00. The zero-order valence-corrected chi connectivity index (χ0v) is 15.7. The summed E-state index contributed by atoms with van der Waals surface area (Å²) in [5.41, 5.74) is 3.65. The minimum Gasteiger partial charge on any atom is -0.545 e. The van der Waals surface area contributed by atoms with Crippen LogP contribution in [0.25, 0.3) is 6.08 Å². The lowest BCUT2D eigenvalue weighted by Gasteiger charge is -2.12. The first kappa shape index (κ1) is 20.7. The van der Waals surface area contributed by atoms with Gasteiger partial charge in [-0.15, -0.1) is 0 Å². The summed E-state index contributed by atoms with van der Waals surface area (Å²) < 4.78 is 19.0. The summed E-state index contributed by atoms with van der Waals surface area (Å²) in [5.74, 6) is -1.33. The predicted molar refractivity (Wildman–Crippen MR) is 98.2 cm³/mol. The highest BCUT2D eigenvalue weighted by Crippen LogP contribution is 2.32. The topological polar surface area (TPSA) is 49.4 Å². The summed E-state index contributed by atoms with van der Waals surface area (Å²) in [6.45, 7) is 7.08. The van der Waals surface area contributed by atoms with Gasteiger partial charge in [0.25, 0.3) is 0 Å². The number of hydrogen-bond donors (Lipinski definition) is 0. The quantitative estimate of drug-likeness (QED) is 0.553. The van der Waals surface area contributed by atoms with E-state index in [2.05, 4.69) is 0 Å². The van der Waals surface area contributed by atoms with Crippen molar-refractivity contribution >= 4 is 23.6 Å². The number of aliphatic carboxylic acids is 1. The van der Waals surface area contributed by atoms with Crippen LogP contribution in [0.3, 0.4) is 0 Å². The Balaban J connectivity index is 3.06. The Morgan fingerprint density at radius 3 is 2.44 bits per heavy atom. The molecule has 0 saturated heterocycles. The van der Waals surface area contributed by atoms with Gasteiger partial charge in [-0.05, 0) is 68.2 Å². The molecule has 0 heterocycles. The van der Waals surface area contributed by atoms with Crippen molar-refractivity contribution in [3.8, 4) is 5.75 Å². The van der Waals surface area contributed by atoms with Gasteiger partial charge in [-0.1, -0.05) is 35.4 Å². The summed E-state index contributed by atoms with van der Waals surface area (Å²) in [6, 6.07) is 1.76. The number of rotatable bonds is 6. The number of allylic oxidation sites excluding steroid dienone is 6. The molecule has 5 heteroatoms. The molecule has 0 bridgehead atoms. The summed E-state index contributed by atoms with van der Waals surface area (Å²) in [5, 5.41) is 11.0. The van der Waals surface area contributed by atoms with Crippen molar-refractivity contribution in [2.75, 3.05) is 7.11 Å². The maximum atomic E-state index is 13.7. The van der Waals surface area contributed by atoms with Crippen LogP contribution in [0.2, 0.25) is 5.02 Å². The number of carboxylic acids is 1. The van der Waals surface area contributed by atoms with E-state index in [0.717, 1.165) is 28.0 Å². The minimum atomic E-state index is -1.43. The van der Waals surface area contributed by atoms with Crippen molar-refractivity contribution in [2.45, 2.75) is 27.7 Å². The second kappa shape index (κ2) is 9.23. The highest BCUT2D eigenvalue weighted by molar-refractivity contribution is 6.32. The Morgan fingerprint density at radius 1 is 1.24 bits per heavy atom. The number of benzene rings is 1. The fourth-order valence-electron chi connectivity index (χ4n) is 2.14. The zero-order valence-electron chi connectivity index (χ0n) is 14.9. The lowest BCUT2D eigenvalue weighted by atomic mass is 10.0. The second-order valence-corrected chi connectivity index (χ2v) is 6.04.